The number of benzene rings is 2. The third-order valence-electron chi connectivity index (χ3n) is 4.08. The summed E-state index contributed by atoms with van der Waals surface area (Å²) in [6, 6.07) is 7.51. The molecule has 0 radical (unpaired) electrons. The van der Waals surface area contributed by atoms with Crippen molar-refractivity contribution in [3.05, 3.63) is 62.9 Å². The monoisotopic (exact) mass is 524 g/mol. The van der Waals surface area contributed by atoms with E-state index in [0.29, 0.717) is 26.8 Å². The van der Waals surface area contributed by atoms with Gasteiger partial charge in [0.1, 0.15) is 12.4 Å². The van der Waals surface area contributed by atoms with Crippen LogP contribution in [0.2, 0.25) is 15.1 Å². The number of alkyl halides is 3. The third kappa shape index (κ3) is 6.22. The summed E-state index contributed by atoms with van der Waals surface area (Å²) in [4.78, 5) is 12.2. The normalized spacial score (nSPS) is 11.5. The number of hydrogen-bond acceptors (Lipinski definition) is 5. The van der Waals surface area contributed by atoms with Gasteiger partial charge in [0, 0.05) is 12.1 Å². The Morgan fingerprint density at radius 2 is 1.88 bits per heavy atom. The number of nitrogens with one attached hydrogen (secondary N) is 1. The molecule has 2 aromatic carbocycles. The van der Waals surface area contributed by atoms with Crippen LogP contribution < -0.4 is 10.1 Å². The lowest BCUT2D eigenvalue weighted by Gasteiger charge is -2.11. The largest absolute Gasteiger partial charge is 0.484 e. The van der Waals surface area contributed by atoms with Crippen LogP contribution >= 0.6 is 46.6 Å². The molecular weight excluding hydrogens is 512 g/mol. The van der Waals surface area contributed by atoms with E-state index >= 15 is 0 Å². The molecule has 1 N–H and O–H groups in total. The van der Waals surface area contributed by atoms with Crippen LogP contribution in [0.3, 0.4) is 0 Å². The summed E-state index contributed by atoms with van der Waals surface area (Å²) in [6.45, 7) is 0.0669. The number of halogens is 6. The van der Waals surface area contributed by atoms with Gasteiger partial charge in [-0.2, -0.15) is 13.2 Å². The Bertz CT molecular complexity index is 1140. The van der Waals surface area contributed by atoms with Crippen LogP contribution in [0.25, 0.3) is 0 Å². The third-order valence-corrected chi connectivity index (χ3v) is 5.96. The maximum atomic E-state index is 12.9. The topological polar surface area (TPSA) is 69.0 Å². The molecule has 0 fully saturated rings. The minimum atomic E-state index is -4.55. The fraction of sp³-hybridized carbons (Fsp3) is 0.211. The molecule has 0 bridgehead atoms. The van der Waals surface area contributed by atoms with Gasteiger partial charge in [0.25, 0.3) is 0 Å². The smallest absolute Gasteiger partial charge is 0.416 e. The molecule has 0 unspecified atom stereocenters. The molecule has 3 aromatic rings. The number of anilines is 1. The lowest BCUT2D eigenvalue weighted by molar-refractivity contribution is -0.137. The van der Waals surface area contributed by atoms with Crippen LogP contribution in [0.5, 0.6) is 5.75 Å². The number of ether oxygens (including phenoxy) is 1. The number of nitrogens with zero attached hydrogens (tertiary/aromatic N) is 3. The summed E-state index contributed by atoms with van der Waals surface area (Å²) in [5, 5.41) is 11.6. The predicted molar refractivity (Wildman–Crippen MR) is 118 cm³/mol. The van der Waals surface area contributed by atoms with Gasteiger partial charge < -0.3 is 14.6 Å². The molecule has 6 nitrogen and oxygen atoms in total. The van der Waals surface area contributed by atoms with Gasteiger partial charge in [-0.05, 0) is 36.4 Å². The predicted octanol–water partition coefficient (Wildman–Crippen LogP) is 6.10. The van der Waals surface area contributed by atoms with Gasteiger partial charge in [0.05, 0.1) is 27.0 Å². The highest BCUT2D eigenvalue weighted by Gasteiger charge is 2.31. The molecule has 0 saturated carbocycles. The first-order chi connectivity index (χ1) is 15.0. The van der Waals surface area contributed by atoms with Crippen molar-refractivity contribution >= 4 is 58.2 Å². The zero-order chi connectivity index (χ0) is 23.5. The highest BCUT2D eigenvalue weighted by molar-refractivity contribution is 7.99. The summed E-state index contributed by atoms with van der Waals surface area (Å²) in [6.07, 6.45) is -4.55. The molecule has 0 aliphatic carbocycles. The Hall–Kier alpha value is -2.14. The van der Waals surface area contributed by atoms with Crippen molar-refractivity contribution in [1.82, 2.24) is 14.8 Å². The van der Waals surface area contributed by atoms with Gasteiger partial charge in [0.2, 0.25) is 5.91 Å². The molecule has 1 amide bonds. The van der Waals surface area contributed by atoms with E-state index in [0.717, 1.165) is 30.0 Å². The highest BCUT2D eigenvalue weighted by atomic mass is 35.5. The van der Waals surface area contributed by atoms with E-state index in [9.17, 15) is 18.0 Å². The minimum Gasteiger partial charge on any atom is -0.484 e. The number of hydrogen-bond donors (Lipinski definition) is 1. The summed E-state index contributed by atoms with van der Waals surface area (Å²) in [5.74, 6) is 0.220. The first-order valence-electron chi connectivity index (χ1n) is 8.80. The quantitative estimate of drug-likeness (QED) is 0.377. The molecule has 170 valence electrons. The Kier molecular flexibility index (Phi) is 7.81. The molecule has 1 heterocycles. The molecule has 0 aliphatic rings. The summed E-state index contributed by atoms with van der Waals surface area (Å²) in [7, 11) is 1.69. The second-order valence-corrected chi connectivity index (χ2v) is 8.54. The van der Waals surface area contributed by atoms with Crippen molar-refractivity contribution in [2.24, 2.45) is 7.05 Å². The average molecular weight is 526 g/mol. The van der Waals surface area contributed by atoms with Crippen LogP contribution in [0.15, 0.2) is 41.6 Å². The molecule has 0 atom stereocenters. The summed E-state index contributed by atoms with van der Waals surface area (Å²) >= 11 is 18.9. The first kappa shape index (κ1) is 24.5. The second-order valence-electron chi connectivity index (χ2n) is 6.35. The molecule has 13 heteroatoms. The van der Waals surface area contributed by atoms with Crippen LogP contribution in [0.4, 0.5) is 18.9 Å². The SMILES string of the molecule is Cn1c(COc2ccc(Cl)cc2Cl)nnc1SCC(=O)Nc1cc(C(F)(F)F)ccc1Cl. The maximum Gasteiger partial charge on any atom is 0.416 e. The van der Waals surface area contributed by atoms with E-state index in [1.54, 1.807) is 29.8 Å². The molecule has 32 heavy (non-hydrogen) atoms. The summed E-state index contributed by atoms with van der Waals surface area (Å²) < 4.78 is 45.8. The number of aromatic nitrogens is 3. The van der Waals surface area contributed by atoms with Crippen molar-refractivity contribution in [3.8, 4) is 5.75 Å². The zero-order valence-electron chi connectivity index (χ0n) is 16.2. The van der Waals surface area contributed by atoms with E-state index < -0.39 is 17.6 Å². The molecular formula is C19H14Cl3F3N4O2S. The lowest BCUT2D eigenvalue weighted by Crippen LogP contribution is -2.16. The van der Waals surface area contributed by atoms with E-state index in [4.69, 9.17) is 39.5 Å². The Balaban J connectivity index is 1.58. The van der Waals surface area contributed by atoms with Crippen molar-refractivity contribution in [1.29, 1.82) is 0 Å². The van der Waals surface area contributed by atoms with Crippen LogP contribution in [0.1, 0.15) is 11.4 Å². The van der Waals surface area contributed by atoms with Crippen LogP contribution in [0, 0.1) is 0 Å². The standard InChI is InChI=1S/C19H14Cl3F3N4O2S/c1-29-16(8-31-15-5-3-11(20)7-13(15)22)27-28-18(29)32-9-17(30)26-14-6-10(19(23,24)25)2-4-12(14)21/h2-7H,8-9H2,1H3,(H,26,30). The van der Waals surface area contributed by atoms with E-state index in [1.807, 2.05) is 0 Å². The Morgan fingerprint density at radius 1 is 1.12 bits per heavy atom. The molecule has 0 spiro atoms. The van der Waals surface area contributed by atoms with Crippen molar-refractivity contribution in [3.63, 3.8) is 0 Å². The average Bonchev–Trinajstić information content (AvgIpc) is 3.06. The number of rotatable bonds is 7. The van der Waals surface area contributed by atoms with Gasteiger partial charge >= 0.3 is 6.18 Å². The summed E-state index contributed by atoms with van der Waals surface area (Å²) in [5.41, 5.74) is -1.04. The fourth-order valence-corrected chi connectivity index (χ4v) is 3.80. The molecule has 0 saturated heterocycles. The van der Waals surface area contributed by atoms with Gasteiger partial charge in [-0.1, -0.05) is 46.6 Å². The van der Waals surface area contributed by atoms with E-state index in [1.165, 1.54) is 0 Å². The minimum absolute atomic E-state index is 0.00435. The van der Waals surface area contributed by atoms with E-state index in [2.05, 4.69) is 15.5 Å². The molecule has 0 aliphatic heterocycles. The van der Waals surface area contributed by atoms with Crippen LogP contribution in [-0.2, 0) is 24.6 Å². The van der Waals surface area contributed by atoms with Gasteiger partial charge in [-0.25, -0.2) is 0 Å². The zero-order valence-corrected chi connectivity index (χ0v) is 19.3. The molecule has 3 rings (SSSR count). The number of carbonyl (C=O) groups excluding carboxylic acids is 1. The van der Waals surface area contributed by atoms with Gasteiger partial charge in [-0.3, -0.25) is 4.79 Å². The van der Waals surface area contributed by atoms with Crippen molar-refractivity contribution in [2.75, 3.05) is 11.1 Å². The van der Waals surface area contributed by atoms with Crippen LogP contribution in [-0.4, -0.2) is 26.4 Å². The van der Waals surface area contributed by atoms with Crippen molar-refractivity contribution in [2.45, 2.75) is 17.9 Å². The van der Waals surface area contributed by atoms with Crippen molar-refractivity contribution < 1.29 is 22.7 Å². The Morgan fingerprint density at radius 3 is 2.56 bits per heavy atom. The lowest BCUT2D eigenvalue weighted by atomic mass is 10.2. The number of thioether (sulfide) groups is 1. The van der Waals surface area contributed by atoms with Gasteiger partial charge in [-0.15, -0.1) is 10.2 Å². The molecule has 1 aromatic heterocycles. The van der Waals surface area contributed by atoms with Gasteiger partial charge in [0.15, 0.2) is 11.0 Å². The number of amides is 1. The highest BCUT2D eigenvalue weighted by Crippen LogP contribution is 2.34. The Labute approximate surface area is 200 Å². The number of carbonyl (C=O) groups is 1. The van der Waals surface area contributed by atoms with E-state index in [-0.39, 0.29) is 23.1 Å². The fourth-order valence-electron chi connectivity index (χ4n) is 2.44. The maximum absolute atomic E-state index is 12.9. The first-order valence-corrected chi connectivity index (χ1v) is 10.9. The second kappa shape index (κ2) is 10.2.